The third-order valence-electron chi connectivity index (χ3n) is 7.41. The van der Waals surface area contributed by atoms with E-state index >= 15 is 0 Å². The van der Waals surface area contributed by atoms with Crippen molar-refractivity contribution in [1.82, 2.24) is 4.90 Å². The number of anilines is 2. The van der Waals surface area contributed by atoms with Gasteiger partial charge in [0.25, 0.3) is 5.91 Å². The minimum absolute atomic E-state index is 0.0114. The highest BCUT2D eigenvalue weighted by atomic mass is 32.2. The predicted molar refractivity (Wildman–Crippen MR) is 147 cm³/mol. The highest BCUT2D eigenvalue weighted by Crippen LogP contribution is 2.43. The van der Waals surface area contributed by atoms with E-state index in [9.17, 15) is 4.79 Å². The second-order valence-electron chi connectivity index (χ2n) is 10.3. The molecule has 2 aromatic rings. The summed E-state index contributed by atoms with van der Waals surface area (Å²) in [6.07, 6.45) is 3.11. The van der Waals surface area contributed by atoms with Gasteiger partial charge in [0.2, 0.25) is 0 Å². The molecule has 6 nitrogen and oxygen atoms in total. The van der Waals surface area contributed by atoms with Crippen molar-refractivity contribution in [3.8, 4) is 0 Å². The van der Waals surface area contributed by atoms with Gasteiger partial charge >= 0.3 is 0 Å². The van der Waals surface area contributed by atoms with E-state index < -0.39 is 0 Å². The smallest absolute Gasteiger partial charge is 0.266 e. The summed E-state index contributed by atoms with van der Waals surface area (Å²) < 4.78 is 5.44. The molecular formula is C28H34N4O2S. The van der Waals surface area contributed by atoms with Gasteiger partial charge in [0.05, 0.1) is 23.8 Å². The summed E-state index contributed by atoms with van der Waals surface area (Å²) in [5, 5.41) is 0.702. The Bertz CT molecular complexity index is 1180. The third kappa shape index (κ3) is 4.71. The van der Waals surface area contributed by atoms with E-state index in [2.05, 4.69) is 68.0 Å². The molecule has 3 aliphatic rings. The van der Waals surface area contributed by atoms with Gasteiger partial charge < -0.3 is 14.5 Å². The number of amidine groups is 1. The van der Waals surface area contributed by atoms with Crippen molar-refractivity contribution < 1.29 is 9.53 Å². The maximum atomic E-state index is 13.0. The van der Waals surface area contributed by atoms with Gasteiger partial charge in [0.15, 0.2) is 5.17 Å². The lowest BCUT2D eigenvalue weighted by Gasteiger charge is -2.45. The first-order valence-corrected chi connectivity index (χ1v) is 13.1. The molecule has 0 bridgehead atoms. The molecule has 35 heavy (non-hydrogen) atoms. The minimum atomic E-state index is -0.0114. The number of carbonyl (C=O) groups is 1. The minimum Gasteiger partial charge on any atom is -0.378 e. The fourth-order valence-corrected chi connectivity index (χ4v) is 6.15. The summed E-state index contributed by atoms with van der Waals surface area (Å²) in [5.41, 5.74) is 5.85. The predicted octanol–water partition coefficient (Wildman–Crippen LogP) is 5.48. The Labute approximate surface area is 212 Å². The lowest BCUT2D eigenvalue weighted by molar-refractivity contribution is -0.121. The van der Waals surface area contributed by atoms with Gasteiger partial charge in [-0.25, -0.2) is 4.99 Å². The molecule has 184 valence electrons. The SMILES string of the molecule is CC1CC(C)(C)N(C)c2ccc(/C=C3/SC(=Nc4ccc(N5CCOCC5)cc4)N(C)C3=O)cc21. The van der Waals surface area contributed by atoms with E-state index in [1.165, 1.54) is 28.7 Å². The molecule has 0 aromatic heterocycles. The molecule has 1 atom stereocenters. The van der Waals surface area contributed by atoms with Crippen LogP contribution in [-0.2, 0) is 9.53 Å². The summed E-state index contributed by atoms with van der Waals surface area (Å²) in [4.78, 5) is 24.8. The highest BCUT2D eigenvalue weighted by Gasteiger charge is 2.34. The normalized spacial score (nSPS) is 24.4. The van der Waals surface area contributed by atoms with Gasteiger partial charge in [0, 0.05) is 44.1 Å². The first-order chi connectivity index (χ1) is 16.7. The van der Waals surface area contributed by atoms with Gasteiger partial charge in [-0.2, -0.15) is 0 Å². The third-order valence-corrected chi connectivity index (χ3v) is 8.47. The van der Waals surface area contributed by atoms with E-state index in [-0.39, 0.29) is 11.4 Å². The average Bonchev–Trinajstić information content (AvgIpc) is 3.11. The number of hydrogen-bond acceptors (Lipinski definition) is 6. The molecule has 0 saturated carbocycles. The van der Waals surface area contributed by atoms with Crippen molar-refractivity contribution in [3.05, 3.63) is 58.5 Å². The number of ether oxygens (including phenoxy) is 1. The average molecular weight is 491 g/mol. The second kappa shape index (κ2) is 9.36. The van der Waals surface area contributed by atoms with Crippen LogP contribution in [0.4, 0.5) is 17.1 Å². The van der Waals surface area contributed by atoms with Crippen LogP contribution in [0.15, 0.2) is 52.4 Å². The highest BCUT2D eigenvalue weighted by molar-refractivity contribution is 8.18. The Morgan fingerprint density at radius 1 is 1.09 bits per heavy atom. The van der Waals surface area contributed by atoms with Crippen LogP contribution in [0.2, 0.25) is 0 Å². The number of thioether (sulfide) groups is 1. The number of hydrogen-bond donors (Lipinski definition) is 0. The number of rotatable bonds is 3. The molecule has 3 aliphatic heterocycles. The topological polar surface area (TPSA) is 48.4 Å². The molecule has 1 unspecified atom stereocenters. The van der Waals surface area contributed by atoms with Crippen molar-refractivity contribution in [3.63, 3.8) is 0 Å². The zero-order valence-corrected chi connectivity index (χ0v) is 22.1. The Kier molecular flexibility index (Phi) is 6.40. The number of nitrogens with zero attached hydrogens (tertiary/aromatic N) is 4. The van der Waals surface area contributed by atoms with Gasteiger partial charge in [-0.3, -0.25) is 9.69 Å². The molecule has 2 aromatic carbocycles. The van der Waals surface area contributed by atoms with Gasteiger partial charge in [0.1, 0.15) is 0 Å². The fourth-order valence-electron chi connectivity index (χ4n) is 5.16. The van der Waals surface area contributed by atoms with Gasteiger partial charge in [-0.1, -0.05) is 13.0 Å². The molecular weight excluding hydrogens is 456 g/mol. The summed E-state index contributed by atoms with van der Waals surface area (Å²) in [6.45, 7) is 10.2. The van der Waals surface area contributed by atoms with Crippen LogP contribution in [0.1, 0.15) is 44.2 Å². The van der Waals surface area contributed by atoms with Crippen molar-refractivity contribution in [2.45, 2.75) is 38.6 Å². The summed E-state index contributed by atoms with van der Waals surface area (Å²) in [7, 11) is 3.97. The first kappa shape index (κ1) is 23.9. The monoisotopic (exact) mass is 490 g/mol. The molecule has 0 spiro atoms. The Morgan fingerprint density at radius 3 is 2.51 bits per heavy atom. The van der Waals surface area contributed by atoms with Crippen LogP contribution in [0.25, 0.3) is 6.08 Å². The van der Waals surface area contributed by atoms with Crippen molar-refractivity contribution in [2.24, 2.45) is 4.99 Å². The van der Waals surface area contributed by atoms with Crippen LogP contribution in [-0.4, -0.2) is 61.9 Å². The van der Waals surface area contributed by atoms with Gasteiger partial charge in [-0.15, -0.1) is 0 Å². The summed E-state index contributed by atoms with van der Waals surface area (Å²) in [6, 6.07) is 14.8. The number of aliphatic imine (C=N–C) groups is 1. The maximum absolute atomic E-state index is 13.0. The fraction of sp³-hybridized carbons (Fsp3) is 0.429. The zero-order chi connectivity index (χ0) is 24.7. The quantitative estimate of drug-likeness (QED) is 0.534. The molecule has 0 radical (unpaired) electrons. The number of fused-ring (bicyclic) bond motifs is 1. The van der Waals surface area contributed by atoms with E-state index in [1.54, 1.807) is 11.9 Å². The Balaban J connectivity index is 1.35. The van der Waals surface area contributed by atoms with Gasteiger partial charge in [-0.05, 0) is 91.5 Å². The zero-order valence-electron chi connectivity index (χ0n) is 21.2. The molecule has 0 N–H and O–H groups in total. The van der Waals surface area contributed by atoms with Crippen LogP contribution in [0, 0.1) is 0 Å². The van der Waals surface area contributed by atoms with E-state index in [1.807, 2.05) is 18.2 Å². The lowest BCUT2D eigenvalue weighted by Crippen LogP contribution is -2.45. The van der Waals surface area contributed by atoms with Crippen LogP contribution in [0.5, 0.6) is 0 Å². The summed E-state index contributed by atoms with van der Waals surface area (Å²) >= 11 is 1.44. The Hall–Kier alpha value is -2.77. The van der Waals surface area contributed by atoms with E-state index in [0.29, 0.717) is 16.0 Å². The molecule has 3 heterocycles. The van der Waals surface area contributed by atoms with Crippen LogP contribution >= 0.6 is 11.8 Å². The second-order valence-corrected chi connectivity index (χ2v) is 11.3. The van der Waals surface area contributed by atoms with Crippen molar-refractivity contribution in [2.75, 3.05) is 50.2 Å². The number of morpholine rings is 1. The lowest BCUT2D eigenvalue weighted by atomic mass is 9.80. The standard InChI is InChI=1S/C28H34N4O2S/c1-19-18-28(2,3)31(5)24-11-6-20(16-23(19)24)17-25-26(33)30(4)27(35-25)29-21-7-9-22(10-8-21)32-12-14-34-15-13-32/h6-11,16-17,19H,12-15,18H2,1-5H3/b25-17+,29-27?. The number of carbonyl (C=O) groups excluding carboxylic acids is 1. The number of amides is 1. The molecule has 1 amide bonds. The van der Waals surface area contributed by atoms with Crippen molar-refractivity contribution >= 4 is 46.0 Å². The van der Waals surface area contributed by atoms with Crippen LogP contribution < -0.4 is 9.80 Å². The molecule has 2 saturated heterocycles. The van der Waals surface area contributed by atoms with Crippen LogP contribution in [0.3, 0.4) is 0 Å². The maximum Gasteiger partial charge on any atom is 0.266 e. The summed E-state index contributed by atoms with van der Waals surface area (Å²) in [5.74, 6) is 0.462. The molecule has 2 fully saturated rings. The molecule has 7 heteroatoms. The van der Waals surface area contributed by atoms with Crippen molar-refractivity contribution in [1.29, 1.82) is 0 Å². The van der Waals surface area contributed by atoms with E-state index in [4.69, 9.17) is 9.73 Å². The molecule has 5 rings (SSSR count). The van der Waals surface area contributed by atoms with E-state index in [0.717, 1.165) is 44.0 Å². The Morgan fingerprint density at radius 2 is 1.80 bits per heavy atom. The largest absolute Gasteiger partial charge is 0.378 e. The number of benzene rings is 2. The number of likely N-dealkylation sites (N-methyl/N-ethyl adjacent to an activating group) is 1. The molecule has 0 aliphatic carbocycles. The first-order valence-electron chi connectivity index (χ1n) is 12.3.